The Labute approximate surface area is 201 Å². The second-order valence-electron chi connectivity index (χ2n) is 7.70. The molecule has 0 saturated carbocycles. The summed E-state index contributed by atoms with van der Waals surface area (Å²) in [7, 11) is 1.64. The van der Waals surface area contributed by atoms with Crippen LogP contribution in [-0.4, -0.2) is 13.3 Å². The molecule has 1 atom stereocenters. The van der Waals surface area contributed by atoms with Crippen LogP contribution in [0.4, 0.5) is 0 Å². The van der Waals surface area contributed by atoms with Crippen molar-refractivity contribution in [1.82, 2.24) is 0 Å². The van der Waals surface area contributed by atoms with Gasteiger partial charge in [0.25, 0.3) is 0 Å². The lowest BCUT2D eigenvalue weighted by Gasteiger charge is -2.24. The average Bonchev–Trinajstić information content (AvgIpc) is 3.22. The number of thiophene rings is 1. The molecule has 1 aliphatic rings. The van der Waals surface area contributed by atoms with Crippen LogP contribution in [0.2, 0.25) is 5.02 Å². The molecule has 4 aromatic rings. The summed E-state index contributed by atoms with van der Waals surface area (Å²) >= 11 is 7.67. The maximum atomic E-state index is 10.2. The zero-order valence-corrected chi connectivity index (χ0v) is 19.6. The van der Waals surface area contributed by atoms with Crippen LogP contribution in [0.5, 0.6) is 11.5 Å². The summed E-state index contributed by atoms with van der Waals surface area (Å²) in [5.41, 5.74) is 3.50. The normalized spacial score (nSPS) is 15.4. The van der Waals surface area contributed by atoms with Crippen molar-refractivity contribution in [1.29, 1.82) is 5.26 Å². The number of allylic oxidation sites excluding steroid dienone is 1. The van der Waals surface area contributed by atoms with Crippen LogP contribution in [0.25, 0.3) is 10.1 Å². The molecule has 4 nitrogen and oxygen atoms in total. The molecule has 1 unspecified atom stereocenters. The van der Waals surface area contributed by atoms with E-state index in [1.165, 1.54) is 5.56 Å². The van der Waals surface area contributed by atoms with Crippen molar-refractivity contribution < 1.29 is 9.47 Å². The second-order valence-corrected chi connectivity index (χ2v) is 9.18. The smallest absolute Gasteiger partial charge is 0.234 e. The Kier molecular flexibility index (Phi) is 5.63. The molecule has 3 aromatic carbocycles. The third-order valence-electron chi connectivity index (χ3n) is 5.64. The van der Waals surface area contributed by atoms with E-state index in [0.29, 0.717) is 16.5 Å². The van der Waals surface area contributed by atoms with E-state index in [1.807, 2.05) is 42.5 Å². The molecule has 0 bridgehead atoms. The maximum absolute atomic E-state index is 10.2. The van der Waals surface area contributed by atoms with Crippen LogP contribution in [0.3, 0.4) is 0 Å². The standard InChI is InChI=1S/C27H19ClN2O2S/c1-16-4-3-5-21-24-26(33-25(16)21)23(18-8-12-20(31-2)13-9-18)22(14-29)27(32-24)30-15-17-6-10-19(28)11-7-17/h3-13,15,23H,1-2H3/b30-15+. The number of rotatable bonds is 4. The molecule has 33 heavy (non-hydrogen) atoms. The van der Waals surface area contributed by atoms with E-state index >= 15 is 0 Å². The lowest BCUT2D eigenvalue weighted by molar-refractivity contribution is 0.403. The van der Waals surface area contributed by atoms with Crippen molar-refractivity contribution in [3.63, 3.8) is 0 Å². The molecule has 0 saturated heterocycles. The van der Waals surface area contributed by atoms with E-state index in [4.69, 9.17) is 21.1 Å². The van der Waals surface area contributed by atoms with Crippen molar-refractivity contribution >= 4 is 39.2 Å². The van der Waals surface area contributed by atoms with Crippen molar-refractivity contribution in [3.8, 4) is 17.6 Å². The zero-order chi connectivity index (χ0) is 22.9. The minimum Gasteiger partial charge on any atom is -0.497 e. The highest BCUT2D eigenvalue weighted by Gasteiger charge is 2.35. The minimum absolute atomic E-state index is 0.279. The van der Waals surface area contributed by atoms with Gasteiger partial charge in [-0.3, -0.25) is 0 Å². The van der Waals surface area contributed by atoms with Gasteiger partial charge in [-0.05, 0) is 53.9 Å². The first-order valence-corrected chi connectivity index (χ1v) is 11.6. The summed E-state index contributed by atoms with van der Waals surface area (Å²) in [6, 6.07) is 23.7. The van der Waals surface area contributed by atoms with Gasteiger partial charge in [-0.25, -0.2) is 4.99 Å². The van der Waals surface area contributed by atoms with Gasteiger partial charge in [0, 0.05) is 21.3 Å². The topological polar surface area (TPSA) is 54.6 Å². The maximum Gasteiger partial charge on any atom is 0.234 e. The molecule has 162 valence electrons. The monoisotopic (exact) mass is 470 g/mol. The number of benzene rings is 3. The summed E-state index contributed by atoms with van der Waals surface area (Å²) in [6.07, 6.45) is 1.69. The molecule has 0 spiro atoms. The molecule has 0 fully saturated rings. The summed E-state index contributed by atoms with van der Waals surface area (Å²) in [5.74, 6) is 1.56. The number of hydrogen-bond acceptors (Lipinski definition) is 5. The SMILES string of the molecule is COc1ccc(C2C(C#N)=C(/N=C/c3ccc(Cl)cc3)Oc3c2sc2c(C)cccc32)cc1. The van der Waals surface area contributed by atoms with Gasteiger partial charge < -0.3 is 9.47 Å². The second kappa shape index (κ2) is 8.74. The van der Waals surface area contributed by atoms with Crippen molar-refractivity contribution in [2.45, 2.75) is 12.8 Å². The van der Waals surface area contributed by atoms with E-state index in [2.05, 4.69) is 30.1 Å². The number of fused-ring (bicyclic) bond motifs is 3. The van der Waals surface area contributed by atoms with Crippen LogP contribution in [0, 0.1) is 18.3 Å². The summed E-state index contributed by atoms with van der Waals surface area (Å²) < 4.78 is 12.8. The molecule has 0 amide bonds. The van der Waals surface area contributed by atoms with E-state index in [-0.39, 0.29) is 5.92 Å². The van der Waals surface area contributed by atoms with Crippen LogP contribution >= 0.6 is 22.9 Å². The van der Waals surface area contributed by atoms with E-state index in [0.717, 1.165) is 37.6 Å². The number of aliphatic imine (C=N–C) groups is 1. The Bertz CT molecular complexity index is 1440. The number of hydrogen-bond donors (Lipinski definition) is 0. The molecule has 0 aliphatic carbocycles. The quantitative estimate of drug-likeness (QED) is 0.295. The zero-order valence-electron chi connectivity index (χ0n) is 18.0. The third kappa shape index (κ3) is 3.89. The van der Waals surface area contributed by atoms with E-state index < -0.39 is 0 Å². The molecular weight excluding hydrogens is 452 g/mol. The van der Waals surface area contributed by atoms with Crippen LogP contribution < -0.4 is 9.47 Å². The first-order chi connectivity index (χ1) is 16.1. The Morgan fingerprint density at radius 3 is 2.55 bits per heavy atom. The van der Waals surface area contributed by atoms with Crippen LogP contribution in [0.1, 0.15) is 27.5 Å². The summed E-state index contributed by atoms with van der Waals surface area (Å²) in [5, 5.41) is 11.9. The lowest BCUT2D eigenvalue weighted by atomic mass is 9.88. The number of nitriles is 1. The summed E-state index contributed by atoms with van der Waals surface area (Å²) in [6.45, 7) is 2.09. The van der Waals surface area contributed by atoms with Crippen molar-refractivity contribution in [3.05, 3.63) is 105 Å². The van der Waals surface area contributed by atoms with Gasteiger partial charge in [0.1, 0.15) is 17.4 Å². The summed E-state index contributed by atoms with van der Waals surface area (Å²) in [4.78, 5) is 5.61. The Morgan fingerprint density at radius 1 is 1.09 bits per heavy atom. The largest absolute Gasteiger partial charge is 0.497 e. The van der Waals surface area contributed by atoms with Gasteiger partial charge in [-0.2, -0.15) is 5.26 Å². The predicted octanol–water partition coefficient (Wildman–Crippen LogP) is 7.25. The first-order valence-electron chi connectivity index (χ1n) is 10.4. The van der Waals surface area contributed by atoms with Gasteiger partial charge in [-0.15, -0.1) is 11.3 Å². The highest BCUT2D eigenvalue weighted by Crippen LogP contribution is 2.51. The van der Waals surface area contributed by atoms with E-state index in [1.54, 1.807) is 36.8 Å². The van der Waals surface area contributed by atoms with Gasteiger partial charge >= 0.3 is 0 Å². The number of nitrogens with zero attached hydrogens (tertiary/aromatic N) is 2. The average molecular weight is 471 g/mol. The number of methoxy groups -OCH3 is 1. The molecule has 5 rings (SSSR count). The lowest BCUT2D eigenvalue weighted by Crippen LogP contribution is -2.14. The number of aryl methyl sites for hydroxylation is 1. The van der Waals surface area contributed by atoms with Gasteiger partial charge in [0.2, 0.25) is 5.88 Å². The van der Waals surface area contributed by atoms with Crippen LogP contribution in [-0.2, 0) is 0 Å². The van der Waals surface area contributed by atoms with Gasteiger partial charge in [0.15, 0.2) is 5.75 Å². The fourth-order valence-electron chi connectivity index (χ4n) is 3.96. The number of ether oxygens (including phenoxy) is 2. The molecule has 0 N–H and O–H groups in total. The molecule has 1 aromatic heterocycles. The molecule has 2 heterocycles. The van der Waals surface area contributed by atoms with Crippen molar-refractivity contribution in [2.75, 3.05) is 7.11 Å². The van der Waals surface area contributed by atoms with Crippen LogP contribution in [0.15, 0.2) is 83.2 Å². The molecule has 1 aliphatic heterocycles. The fourth-order valence-corrected chi connectivity index (χ4v) is 5.42. The molecular formula is C27H19ClN2O2S. The first kappa shape index (κ1) is 21.3. The third-order valence-corrected chi connectivity index (χ3v) is 7.28. The number of halogens is 1. The van der Waals surface area contributed by atoms with E-state index in [9.17, 15) is 5.26 Å². The van der Waals surface area contributed by atoms with Gasteiger partial charge in [-0.1, -0.05) is 48.0 Å². The molecule has 0 radical (unpaired) electrons. The highest BCUT2D eigenvalue weighted by atomic mass is 35.5. The molecule has 6 heteroatoms. The minimum atomic E-state index is -0.279. The Hall–Kier alpha value is -3.59. The highest BCUT2D eigenvalue weighted by molar-refractivity contribution is 7.19. The fraction of sp³-hybridized carbons (Fsp3) is 0.111. The Balaban J connectivity index is 1.69. The van der Waals surface area contributed by atoms with Crippen molar-refractivity contribution in [2.24, 2.45) is 4.99 Å². The predicted molar refractivity (Wildman–Crippen MR) is 134 cm³/mol. The Morgan fingerprint density at radius 2 is 1.85 bits per heavy atom. The van der Waals surface area contributed by atoms with Gasteiger partial charge in [0.05, 0.1) is 17.9 Å².